The van der Waals surface area contributed by atoms with Crippen molar-refractivity contribution >= 4 is 17.9 Å². The van der Waals surface area contributed by atoms with Gasteiger partial charge >= 0.3 is 17.9 Å². The molecule has 0 aromatic carbocycles. The summed E-state index contributed by atoms with van der Waals surface area (Å²) in [5.41, 5.74) is 0. The van der Waals surface area contributed by atoms with Crippen LogP contribution < -0.4 is 0 Å². The average Bonchev–Trinajstić information content (AvgIpc) is 3.47. The highest BCUT2D eigenvalue weighted by Gasteiger charge is 2.19. The van der Waals surface area contributed by atoms with E-state index < -0.39 is 6.10 Å². The van der Waals surface area contributed by atoms with E-state index in [4.69, 9.17) is 14.2 Å². The van der Waals surface area contributed by atoms with Gasteiger partial charge in [-0.05, 0) is 148 Å². The van der Waals surface area contributed by atoms with E-state index in [0.29, 0.717) is 19.3 Å². The van der Waals surface area contributed by atoms with Gasteiger partial charge in [0.1, 0.15) is 13.2 Å². The van der Waals surface area contributed by atoms with Crippen molar-refractivity contribution < 1.29 is 28.6 Å². The van der Waals surface area contributed by atoms with Gasteiger partial charge in [-0.15, -0.1) is 0 Å². The minimum absolute atomic E-state index is 0.104. The Hall–Kier alpha value is -4.97. The van der Waals surface area contributed by atoms with Crippen molar-refractivity contribution in [2.45, 2.75) is 290 Å². The van der Waals surface area contributed by atoms with Crippen LogP contribution in [0.5, 0.6) is 0 Å². The van der Waals surface area contributed by atoms with Gasteiger partial charge < -0.3 is 14.2 Å². The fourth-order valence-electron chi connectivity index (χ4n) is 8.80. The van der Waals surface area contributed by atoms with Crippen molar-refractivity contribution in [3.63, 3.8) is 0 Å². The molecular formula is C76H122O6. The first-order valence-corrected chi connectivity index (χ1v) is 33.5. The minimum Gasteiger partial charge on any atom is -0.462 e. The van der Waals surface area contributed by atoms with E-state index in [0.717, 1.165) is 167 Å². The lowest BCUT2D eigenvalue weighted by Crippen LogP contribution is -2.30. The number of hydrogen-bond acceptors (Lipinski definition) is 6. The SMILES string of the molecule is CC/C=C\C/C=C\C/C=C\C/C=C\C/C=C\C/C=C\C/C=C\CCCCCC(=O)OCC(COC(=O)CCCCCCC/C=C\CCCCCCCCC)OC(=O)CCCCCCCCC/C=C\C/C=C\C/C=C\C/C=C\C/C=C\CC. The lowest BCUT2D eigenvalue weighted by Gasteiger charge is -2.18. The van der Waals surface area contributed by atoms with Gasteiger partial charge in [0.2, 0.25) is 0 Å². The van der Waals surface area contributed by atoms with Crippen molar-refractivity contribution in [1.29, 1.82) is 0 Å². The van der Waals surface area contributed by atoms with E-state index in [1.54, 1.807) is 0 Å². The number of carbonyl (C=O) groups excluding carboxylic acids is 3. The third-order valence-electron chi connectivity index (χ3n) is 13.7. The molecule has 0 radical (unpaired) electrons. The molecule has 1 atom stereocenters. The minimum atomic E-state index is -0.812. The Morgan fingerprint density at radius 1 is 0.256 bits per heavy atom. The first-order valence-electron chi connectivity index (χ1n) is 33.5. The summed E-state index contributed by atoms with van der Waals surface area (Å²) in [6.45, 7) is 6.37. The molecule has 0 aliphatic rings. The second kappa shape index (κ2) is 68.5. The Kier molecular flexibility index (Phi) is 64.4. The summed E-state index contributed by atoms with van der Waals surface area (Å²) < 4.78 is 16.9. The van der Waals surface area contributed by atoms with Crippen molar-refractivity contribution in [3.05, 3.63) is 158 Å². The second-order valence-corrected chi connectivity index (χ2v) is 21.6. The molecule has 0 aromatic rings. The van der Waals surface area contributed by atoms with E-state index >= 15 is 0 Å². The summed E-state index contributed by atoms with van der Waals surface area (Å²) in [6.07, 6.45) is 99.6. The Morgan fingerprint density at radius 3 is 0.768 bits per heavy atom. The van der Waals surface area contributed by atoms with Crippen LogP contribution in [0, 0.1) is 0 Å². The Morgan fingerprint density at radius 2 is 0.476 bits per heavy atom. The summed E-state index contributed by atoms with van der Waals surface area (Å²) in [7, 11) is 0. The molecule has 0 rings (SSSR count). The van der Waals surface area contributed by atoms with Crippen molar-refractivity contribution in [3.8, 4) is 0 Å². The molecule has 6 nitrogen and oxygen atoms in total. The fourth-order valence-corrected chi connectivity index (χ4v) is 8.80. The Bertz CT molecular complexity index is 1830. The topological polar surface area (TPSA) is 78.9 Å². The van der Waals surface area contributed by atoms with Crippen LogP contribution in [0.1, 0.15) is 284 Å². The van der Waals surface area contributed by atoms with Gasteiger partial charge in [-0.3, -0.25) is 14.4 Å². The van der Waals surface area contributed by atoms with E-state index in [-0.39, 0.29) is 31.1 Å². The number of allylic oxidation sites excluding steroid dienone is 26. The number of esters is 3. The van der Waals surface area contributed by atoms with Gasteiger partial charge in [-0.2, -0.15) is 0 Å². The molecule has 0 aromatic heterocycles. The van der Waals surface area contributed by atoms with E-state index in [1.165, 1.54) is 77.0 Å². The maximum absolute atomic E-state index is 12.9. The zero-order chi connectivity index (χ0) is 59.2. The quantitative estimate of drug-likeness (QED) is 0.0261. The summed E-state index contributed by atoms with van der Waals surface area (Å²) >= 11 is 0. The molecule has 0 heterocycles. The van der Waals surface area contributed by atoms with Crippen LogP contribution in [0.15, 0.2) is 158 Å². The predicted molar refractivity (Wildman–Crippen MR) is 357 cm³/mol. The standard InChI is InChI=1S/C76H122O6/c1-4-7-10-13-16-19-22-25-28-31-33-35-37-38-40-41-43-45-48-51-54-57-60-63-66-69-75(78)81-72-73(71-80-74(77)68-65-62-59-56-53-50-47-30-27-24-21-18-15-12-9-6-3)82-76(79)70-67-64-61-58-55-52-49-46-44-42-39-36-34-32-29-26-23-20-17-14-11-8-5-2/h7-8,10-11,16-17,19-20,25-26,28-30,33-36,38,40,42-45,47,51,54,73H,4-6,9,12-15,18,21-24,27,31-32,37,39,41,46,48-50,52-53,55-72H2,1-3H3/b10-7-,11-8-,19-16-,20-17-,28-25-,29-26-,35-33-,36-34-,40-38-,44-42-,45-43-,47-30-,54-51-. The summed E-state index contributed by atoms with van der Waals surface area (Å²) in [4.78, 5) is 38.4. The lowest BCUT2D eigenvalue weighted by molar-refractivity contribution is -0.167. The fraction of sp³-hybridized carbons (Fsp3) is 0.618. The molecular weight excluding hydrogens is 1010 g/mol. The van der Waals surface area contributed by atoms with Gasteiger partial charge in [0, 0.05) is 19.3 Å². The smallest absolute Gasteiger partial charge is 0.306 e. The van der Waals surface area contributed by atoms with Gasteiger partial charge in [-0.1, -0.05) is 275 Å². The molecule has 82 heavy (non-hydrogen) atoms. The highest BCUT2D eigenvalue weighted by Crippen LogP contribution is 2.14. The zero-order valence-electron chi connectivity index (χ0n) is 52.9. The molecule has 6 heteroatoms. The van der Waals surface area contributed by atoms with Crippen molar-refractivity contribution in [1.82, 2.24) is 0 Å². The highest BCUT2D eigenvalue weighted by atomic mass is 16.6. The summed E-state index contributed by atoms with van der Waals surface area (Å²) in [6, 6.07) is 0. The molecule has 0 aliphatic carbocycles. The Balaban J connectivity index is 4.51. The van der Waals surface area contributed by atoms with Crippen LogP contribution >= 0.6 is 0 Å². The van der Waals surface area contributed by atoms with Crippen LogP contribution in [-0.4, -0.2) is 37.2 Å². The Labute approximate surface area is 505 Å². The van der Waals surface area contributed by atoms with Gasteiger partial charge in [0.25, 0.3) is 0 Å². The number of ether oxygens (including phenoxy) is 3. The first-order chi connectivity index (χ1) is 40.5. The van der Waals surface area contributed by atoms with Crippen molar-refractivity contribution in [2.75, 3.05) is 13.2 Å². The van der Waals surface area contributed by atoms with Crippen molar-refractivity contribution in [2.24, 2.45) is 0 Å². The molecule has 462 valence electrons. The normalized spacial score (nSPS) is 13.2. The van der Waals surface area contributed by atoms with Crippen LogP contribution in [0.3, 0.4) is 0 Å². The molecule has 0 spiro atoms. The molecule has 0 bridgehead atoms. The number of unbranched alkanes of at least 4 members (excludes halogenated alkanes) is 22. The van der Waals surface area contributed by atoms with Crippen LogP contribution in [0.4, 0.5) is 0 Å². The highest BCUT2D eigenvalue weighted by molar-refractivity contribution is 5.71. The molecule has 0 fully saturated rings. The number of rotatable bonds is 59. The van der Waals surface area contributed by atoms with Gasteiger partial charge in [0.05, 0.1) is 0 Å². The second-order valence-electron chi connectivity index (χ2n) is 21.6. The van der Waals surface area contributed by atoms with Gasteiger partial charge in [-0.25, -0.2) is 0 Å². The number of carbonyl (C=O) groups is 3. The zero-order valence-corrected chi connectivity index (χ0v) is 52.9. The monoisotopic (exact) mass is 1130 g/mol. The maximum atomic E-state index is 12.9. The first kappa shape index (κ1) is 77.0. The maximum Gasteiger partial charge on any atom is 0.306 e. The lowest BCUT2D eigenvalue weighted by atomic mass is 10.1. The van der Waals surface area contributed by atoms with E-state index in [2.05, 4.69) is 179 Å². The molecule has 1 unspecified atom stereocenters. The number of hydrogen-bond donors (Lipinski definition) is 0. The summed E-state index contributed by atoms with van der Waals surface area (Å²) in [5.74, 6) is -0.956. The molecule has 0 saturated heterocycles. The summed E-state index contributed by atoms with van der Waals surface area (Å²) in [5, 5.41) is 0. The average molecular weight is 1130 g/mol. The third kappa shape index (κ3) is 65.8. The molecule has 0 N–H and O–H groups in total. The predicted octanol–water partition coefficient (Wildman–Crippen LogP) is 23.3. The largest absolute Gasteiger partial charge is 0.462 e. The van der Waals surface area contributed by atoms with Crippen LogP contribution in [0.2, 0.25) is 0 Å². The molecule has 0 saturated carbocycles. The van der Waals surface area contributed by atoms with Crippen LogP contribution in [0.25, 0.3) is 0 Å². The third-order valence-corrected chi connectivity index (χ3v) is 13.7. The molecule has 0 aliphatic heterocycles. The van der Waals surface area contributed by atoms with Crippen LogP contribution in [-0.2, 0) is 28.6 Å². The molecule has 0 amide bonds. The van der Waals surface area contributed by atoms with E-state index in [9.17, 15) is 14.4 Å². The van der Waals surface area contributed by atoms with Gasteiger partial charge in [0.15, 0.2) is 6.10 Å². The van der Waals surface area contributed by atoms with E-state index in [1.807, 2.05) is 0 Å².